The largest absolute Gasteiger partial charge is 0.463 e. The van der Waals surface area contributed by atoms with E-state index in [1.807, 2.05) is 6.07 Å². The predicted octanol–water partition coefficient (Wildman–Crippen LogP) is 2.74. The highest BCUT2D eigenvalue weighted by atomic mass is 16.5. The molecule has 3 aromatic rings. The number of rotatable bonds is 5. The lowest BCUT2D eigenvalue weighted by Crippen LogP contribution is -2.29. The fourth-order valence-corrected chi connectivity index (χ4v) is 3.25. The van der Waals surface area contributed by atoms with Crippen molar-refractivity contribution < 1.29 is 19.1 Å². The van der Waals surface area contributed by atoms with E-state index >= 15 is 0 Å². The molecular weight excluding hydrogens is 386 g/mol. The maximum Gasteiger partial charge on any atom is 0.343 e. The van der Waals surface area contributed by atoms with Crippen LogP contribution >= 0.6 is 0 Å². The second-order valence-corrected chi connectivity index (χ2v) is 6.56. The Balaban J connectivity index is 1.63. The summed E-state index contributed by atoms with van der Waals surface area (Å²) in [6.07, 6.45) is 0. The molecule has 0 radical (unpaired) electrons. The molecule has 1 atom stereocenters. The lowest BCUT2D eigenvalue weighted by Gasteiger charge is -2.27. The summed E-state index contributed by atoms with van der Waals surface area (Å²) < 4.78 is 12.2. The van der Waals surface area contributed by atoms with Crippen LogP contribution in [0, 0.1) is 0 Å². The van der Waals surface area contributed by atoms with Crippen LogP contribution in [0.2, 0.25) is 0 Å². The van der Waals surface area contributed by atoms with Crippen molar-refractivity contribution >= 4 is 17.9 Å². The van der Waals surface area contributed by atoms with Crippen LogP contribution in [0.5, 0.6) is 5.75 Å². The summed E-state index contributed by atoms with van der Waals surface area (Å²) in [6.45, 7) is 3.77. The summed E-state index contributed by atoms with van der Waals surface area (Å²) in [4.78, 5) is 24.9. The molecule has 0 spiro atoms. The number of benzene rings is 2. The van der Waals surface area contributed by atoms with Crippen molar-refractivity contribution in [2.75, 3.05) is 11.9 Å². The molecule has 0 saturated heterocycles. The van der Waals surface area contributed by atoms with Gasteiger partial charge in [-0.1, -0.05) is 35.4 Å². The minimum Gasteiger partial charge on any atom is -0.463 e. The zero-order valence-electron chi connectivity index (χ0n) is 16.4. The van der Waals surface area contributed by atoms with E-state index in [1.165, 1.54) is 4.68 Å². The molecule has 0 aliphatic carbocycles. The van der Waals surface area contributed by atoms with Gasteiger partial charge in [-0.05, 0) is 54.1 Å². The van der Waals surface area contributed by atoms with E-state index in [-0.39, 0.29) is 6.61 Å². The quantitative estimate of drug-likeness (QED) is 0.510. The number of anilines is 1. The highest BCUT2D eigenvalue weighted by molar-refractivity contribution is 5.92. The van der Waals surface area contributed by atoms with Gasteiger partial charge in [-0.2, -0.15) is 4.68 Å². The summed E-state index contributed by atoms with van der Waals surface area (Å²) in [6, 6.07) is 15.0. The highest BCUT2D eigenvalue weighted by Crippen LogP contribution is 2.35. The van der Waals surface area contributed by atoms with Gasteiger partial charge in [0.05, 0.1) is 17.7 Å². The van der Waals surface area contributed by atoms with Crippen molar-refractivity contribution in [2.24, 2.45) is 0 Å². The molecular formula is C21H19N5O4. The number of nitrogens with zero attached hydrogens (tertiary/aromatic N) is 4. The van der Waals surface area contributed by atoms with Crippen LogP contribution in [0.15, 0.2) is 65.9 Å². The second-order valence-electron chi connectivity index (χ2n) is 6.56. The van der Waals surface area contributed by atoms with Crippen LogP contribution in [0.25, 0.3) is 0 Å². The van der Waals surface area contributed by atoms with Crippen molar-refractivity contribution in [3.8, 4) is 5.75 Å². The van der Waals surface area contributed by atoms with E-state index in [0.717, 1.165) is 5.56 Å². The number of hydrogen-bond acceptors (Lipinski definition) is 8. The first-order valence-electron chi connectivity index (χ1n) is 9.38. The third kappa shape index (κ3) is 3.64. The topological polar surface area (TPSA) is 108 Å². The third-order valence-corrected chi connectivity index (χ3v) is 4.63. The first-order valence-corrected chi connectivity index (χ1v) is 9.38. The Morgan fingerprint density at radius 3 is 2.50 bits per heavy atom. The lowest BCUT2D eigenvalue weighted by molar-refractivity contribution is -0.139. The van der Waals surface area contributed by atoms with Gasteiger partial charge in [-0.15, -0.1) is 0 Å². The third-order valence-electron chi connectivity index (χ3n) is 4.63. The number of allylic oxidation sites excluding steroid dienone is 1. The molecule has 0 unspecified atom stereocenters. The van der Waals surface area contributed by atoms with E-state index in [1.54, 1.807) is 62.4 Å². The second kappa shape index (κ2) is 8.16. The number of aromatic nitrogens is 4. The maximum atomic E-state index is 12.6. The van der Waals surface area contributed by atoms with Gasteiger partial charge in [0, 0.05) is 5.70 Å². The Hall–Kier alpha value is -4.01. The number of esters is 2. The zero-order chi connectivity index (χ0) is 21.1. The van der Waals surface area contributed by atoms with Crippen LogP contribution in [0.1, 0.15) is 35.8 Å². The number of tetrazole rings is 1. The number of ether oxygens (including phenoxy) is 2. The SMILES string of the molecule is CCOC(=O)C1=C(C)Nc2nnnn2[C@@H]1c1ccc(OC(=O)c2ccccc2)cc1. The average Bonchev–Trinajstić information content (AvgIpc) is 3.22. The molecule has 0 bridgehead atoms. The van der Waals surface area contributed by atoms with Gasteiger partial charge >= 0.3 is 11.9 Å². The number of nitrogens with one attached hydrogen (secondary N) is 1. The fraction of sp³-hybridized carbons (Fsp3) is 0.190. The van der Waals surface area contributed by atoms with E-state index in [9.17, 15) is 9.59 Å². The van der Waals surface area contributed by atoms with Crippen molar-refractivity contribution in [3.63, 3.8) is 0 Å². The first-order chi connectivity index (χ1) is 14.6. The van der Waals surface area contributed by atoms with Gasteiger partial charge < -0.3 is 14.8 Å². The van der Waals surface area contributed by atoms with E-state index < -0.39 is 18.0 Å². The van der Waals surface area contributed by atoms with Crippen LogP contribution < -0.4 is 10.1 Å². The van der Waals surface area contributed by atoms with Crippen molar-refractivity contribution in [1.29, 1.82) is 0 Å². The maximum absolute atomic E-state index is 12.6. The molecule has 9 nitrogen and oxygen atoms in total. The standard InChI is InChI=1S/C21H19N5O4/c1-3-29-20(28)17-13(2)22-21-23-24-25-26(21)18(17)14-9-11-16(12-10-14)30-19(27)15-7-5-4-6-8-15/h4-12,18H,3H2,1-2H3,(H,22,23,25)/t18-/m1/s1. The number of hydrogen-bond donors (Lipinski definition) is 1. The molecule has 2 aromatic carbocycles. The van der Waals surface area contributed by atoms with Crippen LogP contribution in [0.3, 0.4) is 0 Å². The van der Waals surface area contributed by atoms with E-state index in [4.69, 9.17) is 9.47 Å². The van der Waals surface area contributed by atoms with E-state index in [2.05, 4.69) is 20.8 Å². The molecule has 0 saturated carbocycles. The average molecular weight is 405 g/mol. The molecule has 152 valence electrons. The molecule has 9 heteroatoms. The minimum absolute atomic E-state index is 0.249. The Morgan fingerprint density at radius 1 is 1.07 bits per heavy atom. The van der Waals surface area contributed by atoms with Crippen molar-refractivity contribution in [3.05, 3.63) is 77.0 Å². The van der Waals surface area contributed by atoms with Gasteiger partial charge in [-0.25, -0.2) is 9.59 Å². The monoisotopic (exact) mass is 405 g/mol. The smallest absolute Gasteiger partial charge is 0.343 e. The summed E-state index contributed by atoms with van der Waals surface area (Å²) in [7, 11) is 0. The first kappa shape index (κ1) is 19.3. The molecule has 30 heavy (non-hydrogen) atoms. The molecule has 4 rings (SSSR count). The summed E-state index contributed by atoms with van der Waals surface area (Å²) >= 11 is 0. The fourth-order valence-electron chi connectivity index (χ4n) is 3.25. The van der Waals surface area contributed by atoms with E-state index in [0.29, 0.717) is 28.5 Å². The van der Waals surface area contributed by atoms with Gasteiger partial charge in [0.2, 0.25) is 5.95 Å². The zero-order valence-corrected chi connectivity index (χ0v) is 16.4. The molecule has 1 aliphatic heterocycles. The number of fused-ring (bicyclic) bond motifs is 1. The number of carbonyl (C=O) groups excluding carboxylic acids is 2. The molecule has 1 N–H and O–H groups in total. The molecule has 0 amide bonds. The highest BCUT2D eigenvalue weighted by Gasteiger charge is 2.34. The summed E-state index contributed by atoms with van der Waals surface area (Å²) in [5.41, 5.74) is 2.22. The summed E-state index contributed by atoms with van der Waals surface area (Å²) in [5, 5.41) is 14.7. The van der Waals surface area contributed by atoms with Gasteiger partial charge in [0.1, 0.15) is 11.8 Å². The molecule has 2 heterocycles. The Kier molecular flexibility index (Phi) is 5.25. The summed E-state index contributed by atoms with van der Waals surface area (Å²) in [5.74, 6) is -0.0915. The van der Waals surface area contributed by atoms with Crippen LogP contribution in [-0.4, -0.2) is 38.8 Å². The normalized spacial score (nSPS) is 15.2. The minimum atomic E-state index is -0.575. The molecule has 1 aromatic heterocycles. The van der Waals surface area contributed by atoms with Crippen LogP contribution in [0.4, 0.5) is 5.95 Å². The Bertz CT molecular complexity index is 1110. The molecule has 1 aliphatic rings. The predicted molar refractivity (Wildman–Crippen MR) is 107 cm³/mol. The van der Waals surface area contributed by atoms with Crippen molar-refractivity contribution in [1.82, 2.24) is 20.2 Å². The van der Waals surface area contributed by atoms with Gasteiger partial charge in [0.25, 0.3) is 0 Å². The Morgan fingerprint density at radius 2 is 1.80 bits per heavy atom. The lowest BCUT2D eigenvalue weighted by atomic mass is 9.96. The van der Waals surface area contributed by atoms with Crippen LogP contribution in [-0.2, 0) is 9.53 Å². The number of carbonyl (C=O) groups is 2. The van der Waals surface area contributed by atoms with Crippen molar-refractivity contribution in [2.45, 2.75) is 19.9 Å². The van der Waals surface area contributed by atoms with Gasteiger partial charge in [-0.3, -0.25) is 0 Å². The van der Waals surface area contributed by atoms with Gasteiger partial charge in [0.15, 0.2) is 0 Å². The Labute approximate surface area is 172 Å². The molecule has 0 fully saturated rings.